The van der Waals surface area contributed by atoms with Gasteiger partial charge in [-0.1, -0.05) is 0 Å². The molecule has 1 saturated heterocycles. The van der Waals surface area contributed by atoms with Crippen molar-refractivity contribution in [3.8, 4) is 0 Å². The highest BCUT2D eigenvalue weighted by molar-refractivity contribution is 7.71. The van der Waals surface area contributed by atoms with E-state index in [1.54, 1.807) is 6.07 Å². The van der Waals surface area contributed by atoms with E-state index in [1.165, 1.54) is 12.1 Å². The number of imidazole rings is 1. The number of halogens is 1. The molecule has 1 fully saturated rings. The first-order chi connectivity index (χ1) is 8.24. The van der Waals surface area contributed by atoms with Crippen LogP contribution in [0.3, 0.4) is 0 Å². The van der Waals surface area contributed by atoms with Crippen molar-refractivity contribution in [1.29, 1.82) is 0 Å². The predicted octanol–water partition coefficient (Wildman–Crippen LogP) is 2.87. The molecule has 1 unspecified atom stereocenters. The number of fused-ring (bicyclic) bond motifs is 1. The van der Waals surface area contributed by atoms with Crippen LogP contribution in [0.2, 0.25) is 0 Å². The third-order valence-corrected chi connectivity index (χ3v) is 3.52. The summed E-state index contributed by atoms with van der Waals surface area (Å²) in [7, 11) is 0. The van der Waals surface area contributed by atoms with E-state index in [9.17, 15) is 4.39 Å². The standard InChI is InChI=1S/C12H13FN2OS/c13-9-1-2-10-11(5-9)15(12(17)14-10)6-8-3-4-16-7-8/h1-2,5,8H,3-4,6-7H2,(H,14,17). The van der Waals surface area contributed by atoms with Crippen LogP contribution < -0.4 is 0 Å². The van der Waals surface area contributed by atoms with E-state index in [2.05, 4.69) is 4.98 Å². The number of nitrogens with one attached hydrogen (secondary N) is 1. The molecule has 1 aromatic heterocycles. The molecule has 0 amide bonds. The van der Waals surface area contributed by atoms with Crippen molar-refractivity contribution in [2.45, 2.75) is 13.0 Å². The number of benzene rings is 1. The fourth-order valence-corrected chi connectivity index (χ4v) is 2.58. The van der Waals surface area contributed by atoms with Crippen molar-refractivity contribution < 1.29 is 9.13 Å². The molecule has 2 heterocycles. The maximum Gasteiger partial charge on any atom is 0.178 e. The zero-order chi connectivity index (χ0) is 11.8. The number of ether oxygens (including phenoxy) is 1. The lowest BCUT2D eigenvalue weighted by Crippen LogP contribution is -2.10. The van der Waals surface area contributed by atoms with Gasteiger partial charge in [-0.15, -0.1) is 0 Å². The summed E-state index contributed by atoms with van der Waals surface area (Å²) in [6, 6.07) is 4.69. The molecule has 3 nitrogen and oxygen atoms in total. The summed E-state index contributed by atoms with van der Waals surface area (Å²) in [5.74, 6) is 0.242. The Morgan fingerprint density at radius 2 is 2.41 bits per heavy atom. The quantitative estimate of drug-likeness (QED) is 0.833. The largest absolute Gasteiger partial charge is 0.381 e. The van der Waals surface area contributed by atoms with Gasteiger partial charge in [-0.3, -0.25) is 0 Å². The molecule has 0 saturated carbocycles. The average molecular weight is 252 g/mol. The molecule has 5 heteroatoms. The van der Waals surface area contributed by atoms with Gasteiger partial charge < -0.3 is 14.3 Å². The second-order valence-electron chi connectivity index (χ2n) is 4.43. The van der Waals surface area contributed by atoms with E-state index in [1.807, 2.05) is 4.57 Å². The molecule has 1 aliphatic rings. The number of hydrogen-bond acceptors (Lipinski definition) is 2. The Morgan fingerprint density at radius 1 is 1.53 bits per heavy atom. The van der Waals surface area contributed by atoms with Crippen LogP contribution in [0, 0.1) is 16.5 Å². The first-order valence-electron chi connectivity index (χ1n) is 5.70. The minimum absolute atomic E-state index is 0.233. The maximum absolute atomic E-state index is 13.3. The van der Waals surface area contributed by atoms with E-state index < -0.39 is 0 Å². The average Bonchev–Trinajstić information content (AvgIpc) is 2.90. The van der Waals surface area contributed by atoms with E-state index >= 15 is 0 Å². The number of rotatable bonds is 2. The topological polar surface area (TPSA) is 29.9 Å². The summed E-state index contributed by atoms with van der Waals surface area (Å²) in [4.78, 5) is 3.10. The van der Waals surface area contributed by atoms with Crippen molar-refractivity contribution in [3.63, 3.8) is 0 Å². The van der Waals surface area contributed by atoms with Gasteiger partial charge in [0.15, 0.2) is 4.77 Å². The fraction of sp³-hybridized carbons (Fsp3) is 0.417. The van der Waals surface area contributed by atoms with Crippen molar-refractivity contribution in [3.05, 3.63) is 28.8 Å². The molecular formula is C12H13FN2OS. The van der Waals surface area contributed by atoms with Gasteiger partial charge in [-0.25, -0.2) is 4.39 Å². The smallest absolute Gasteiger partial charge is 0.178 e. The van der Waals surface area contributed by atoms with Gasteiger partial charge in [-0.05, 0) is 36.8 Å². The van der Waals surface area contributed by atoms with Crippen LogP contribution in [0.5, 0.6) is 0 Å². The van der Waals surface area contributed by atoms with Gasteiger partial charge in [0, 0.05) is 19.1 Å². The van der Waals surface area contributed by atoms with Crippen LogP contribution in [0.15, 0.2) is 18.2 Å². The number of H-pyrrole nitrogens is 1. The molecule has 17 heavy (non-hydrogen) atoms. The summed E-state index contributed by atoms with van der Waals surface area (Å²) in [5.41, 5.74) is 1.72. The third kappa shape index (κ3) is 2.00. The molecular weight excluding hydrogens is 239 g/mol. The summed E-state index contributed by atoms with van der Waals surface area (Å²) in [6.07, 6.45) is 1.05. The monoisotopic (exact) mass is 252 g/mol. The van der Waals surface area contributed by atoms with Crippen molar-refractivity contribution in [2.75, 3.05) is 13.2 Å². The molecule has 1 aliphatic heterocycles. The number of aromatic amines is 1. The van der Waals surface area contributed by atoms with Gasteiger partial charge in [0.05, 0.1) is 17.6 Å². The molecule has 1 atom stereocenters. The van der Waals surface area contributed by atoms with Gasteiger partial charge in [-0.2, -0.15) is 0 Å². The lowest BCUT2D eigenvalue weighted by atomic mass is 10.1. The van der Waals surface area contributed by atoms with Gasteiger partial charge >= 0.3 is 0 Å². The molecule has 1 aromatic carbocycles. The molecule has 0 aliphatic carbocycles. The Hall–Kier alpha value is -1.20. The highest BCUT2D eigenvalue weighted by atomic mass is 32.1. The third-order valence-electron chi connectivity index (χ3n) is 3.20. The molecule has 90 valence electrons. The molecule has 2 aromatic rings. The van der Waals surface area contributed by atoms with Gasteiger partial charge in [0.2, 0.25) is 0 Å². The first kappa shape index (κ1) is 10.9. The molecule has 1 N–H and O–H groups in total. The minimum Gasteiger partial charge on any atom is -0.381 e. The van der Waals surface area contributed by atoms with E-state index in [0.717, 1.165) is 37.2 Å². The second-order valence-corrected chi connectivity index (χ2v) is 4.82. The summed E-state index contributed by atoms with van der Waals surface area (Å²) in [5, 5.41) is 0. The van der Waals surface area contributed by atoms with Crippen molar-refractivity contribution in [2.24, 2.45) is 5.92 Å². The Bertz CT molecular complexity index is 598. The molecule has 3 rings (SSSR count). The van der Waals surface area contributed by atoms with Crippen LogP contribution in [0.25, 0.3) is 11.0 Å². The lowest BCUT2D eigenvalue weighted by molar-refractivity contribution is 0.182. The second kappa shape index (κ2) is 4.23. The minimum atomic E-state index is -0.233. The molecule has 0 spiro atoms. The van der Waals surface area contributed by atoms with Crippen molar-refractivity contribution in [1.82, 2.24) is 9.55 Å². The van der Waals surface area contributed by atoms with Crippen LogP contribution in [0.4, 0.5) is 4.39 Å². The van der Waals surface area contributed by atoms with Gasteiger partial charge in [0.25, 0.3) is 0 Å². The SMILES string of the molecule is Fc1ccc2[nH]c(=S)n(CC3CCOC3)c2c1. The summed E-state index contributed by atoms with van der Waals surface area (Å²) >= 11 is 5.27. The summed E-state index contributed by atoms with van der Waals surface area (Å²) in [6.45, 7) is 2.38. The van der Waals surface area contributed by atoms with Crippen LogP contribution in [0.1, 0.15) is 6.42 Å². The highest BCUT2D eigenvalue weighted by Gasteiger charge is 2.17. The zero-order valence-corrected chi connectivity index (χ0v) is 10.1. The maximum atomic E-state index is 13.3. The Balaban J connectivity index is 2.04. The van der Waals surface area contributed by atoms with E-state index in [0.29, 0.717) is 10.7 Å². The number of hydrogen-bond donors (Lipinski definition) is 1. The zero-order valence-electron chi connectivity index (χ0n) is 9.28. The van der Waals surface area contributed by atoms with E-state index in [-0.39, 0.29) is 5.82 Å². The normalized spacial score (nSPS) is 20.2. The predicted molar refractivity (Wildman–Crippen MR) is 66.0 cm³/mol. The van der Waals surface area contributed by atoms with Gasteiger partial charge in [0.1, 0.15) is 5.82 Å². The van der Waals surface area contributed by atoms with Crippen LogP contribution in [-0.4, -0.2) is 22.8 Å². The van der Waals surface area contributed by atoms with Crippen molar-refractivity contribution >= 4 is 23.3 Å². The fourth-order valence-electron chi connectivity index (χ4n) is 2.29. The highest BCUT2D eigenvalue weighted by Crippen LogP contribution is 2.20. The first-order valence-corrected chi connectivity index (χ1v) is 6.10. The molecule has 0 bridgehead atoms. The summed E-state index contributed by atoms with van der Waals surface area (Å²) < 4.78 is 21.2. The Kier molecular flexibility index (Phi) is 2.72. The van der Waals surface area contributed by atoms with Crippen LogP contribution >= 0.6 is 12.2 Å². The number of nitrogens with zero attached hydrogens (tertiary/aromatic N) is 1. The van der Waals surface area contributed by atoms with Crippen LogP contribution in [-0.2, 0) is 11.3 Å². The number of aromatic nitrogens is 2. The Labute approximate surface area is 103 Å². The Morgan fingerprint density at radius 3 is 3.18 bits per heavy atom. The van der Waals surface area contributed by atoms with E-state index in [4.69, 9.17) is 17.0 Å². The molecule has 0 radical (unpaired) electrons. The lowest BCUT2D eigenvalue weighted by Gasteiger charge is -2.09.